The number of hydrogen-bond donors (Lipinski definition) is 1. The summed E-state index contributed by atoms with van der Waals surface area (Å²) in [5.74, 6) is 0.948. The molecule has 3 nitrogen and oxygen atoms in total. The lowest BCUT2D eigenvalue weighted by Crippen LogP contribution is -2.56. The van der Waals surface area contributed by atoms with Crippen molar-refractivity contribution in [3.63, 3.8) is 0 Å². The van der Waals surface area contributed by atoms with Crippen molar-refractivity contribution in [1.29, 1.82) is 0 Å². The van der Waals surface area contributed by atoms with Crippen LogP contribution in [0.25, 0.3) is 0 Å². The van der Waals surface area contributed by atoms with Gasteiger partial charge in [0.05, 0.1) is 0 Å². The fourth-order valence-corrected chi connectivity index (χ4v) is 3.00. The van der Waals surface area contributed by atoms with Crippen LogP contribution >= 0.6 is 15.9 Å². The molecule has 2 unspecified atom stereocenters. The molecule has 1 saturated heterocycles. The molecule has 1 N–H and O–H groups in total. The fourth-order valence-electron chi connectivity index (χ4n) is 2.73. The van der Waals surface area contributed by atoms with Crippen LogP contribution in [0.15, 0.2) is 28.7 Å². The number of piperazine rings is 1. The molecule has 2 rings (SSSR count). The monoisotopic (exact) mass is 340 g/mol. The number of halogens is 1. The molecular formula is C16H25BrN2O. The highest BCUT2D eigenvalue weighted by Gasteiger charge is 2.24. The molecule has 4 heteroatoms. The number of hydrogen-bond acceptors (Lipinski definition) is 3. The third kappa shape index (κ3) is 4.76. The predicted molar refractivity (Wildman–Crippen MR) is 87.4 cm³/mol. The molecule has 1 aromatic rings. The first-order valence-corrected chi connectivity index (χ1v) is 8.34. The average Bonchev–Trinajstić information content (AvgIpc) is 2.44. The summed E-state index contributed by atoms with van der Waals surface area (Å²) in [6, 6.07) is 9.28. The van der Waals surface area contributed by atoms with Gasteiger partial charge < -0.3 is 10.1 Å². The van der Waals surface area contributed by atoms with E-state index in [0.717, 1.165) is 36.5 Å². The van der Waals surface area contributed by atoms with Crippen LogP contribution in [-0.4, -0.2) is 43.2 Å². The van der Waals surface area contributed by atoms with Crippen LogP contribution in [0.3, 0.4) is 0 Å². The van der Waals surface area contributed by atoms with E-state index < -0.39 is 0 Å². The van der Waals surface area contributed by atoms with Gasteiger partial charge in [-0.25, -0.2) is 0 Å². The van der Waals surface area contributed by atoms with Gasteiger partial charge in [0.1, 0.15) is 12.4 Å². The molecule has 0 radical (unpaired) electrons. The molecule has 1 aliphatic heterocycles. The molecular weight excluding hydrogens is 316 g/mol. The van der Waals surface area contributed by atoms with E-state index in [-0.39, 0.29) is 0 Å². The molecule has 1 heterocycles. The second kappa shape index (κ2) is 8.01. The van der Waals surface area contributed by atoms with Gasteiger partial charge in [-0.05, 0) is 37.6 Å². The van der Waals surface area contributed by atoms with Crippen LogP contribution in [0.2, 0.25) is 0 Å². The maximum atomic E-state index is 5.84. The molecule has 1 fully saturated rings. The van der Waals surface area contributed by atoms with Gasteiger partial charge in [-0.2, -0.15) is 0 Å². The first kappa shape index (κ1) is 15.8. The zero-order valence-corrected chi connectivity index (χ0v) is 14.0. The molecule has 0 aliphatic carbocycles. The fraction of sp³-hybridized carbons (Fsp3) is 0.625. The second-order valence-corrected chi connectivity index (χ2v) is 6.46. The van der Waals surface area contributed by atoms with Crippen molar-refractivity contribution in [2.45, 2.75) is 38.8 Å². The largest absolute Gasteiger partial charge is 0.492 e. The number of ether oxygens (including phenoxy) is 1. The third-order valence-corrected chi connectivity index (χ3v) is 4.34. The molecule has 1 aromatic carbocycles. The van der Waals surface area contributed by atoms with E-state index >= 15 is 0 Å². The van der Waals surface area contributed by atoms with Crippen molar-refractivity contribution >= 4 is 15.9 Å². The van der Waals surface area contributed by atoms with Gasteiger partial charge in [-0.1, -0.05) is 29.3 Å². The minimum atomic E-state index is 0.579. The van der Waals surface area contributed by atoms with Crippen LogP contribution in [0.1, 0.15) is 26.7 Å². The minimum absolute atomic E-state index is 0.579. The van der Waals surface area contributed by atoms with Gasteiger partial charge in [-0.3, -0.25) is 4.90 Å². The Balaban J connectivity index is 1.79. The Kier molecular flexibility index (Phi) is 6.33. The number of nitrogens with one attached hydrogen (secondary N) is 1. The zero-order chi connectivity index (χ0) is 14.4. The number of nitrogens with zero attached hydrogens (tertiary/aromatic N) is 1. The van der Waals surface area contributed by atoms with Gasteiger partial charge in [0.25, 0.3) is 0 Å². The lowest BCUT2D eigenvalue weighted by molar-refractivity contribution is 0.107. The van der Waals surface area contributed by atoms with Crippen molar-refractivity contribution in [3.8, 4) is 5.75 Å². The van der Waals surface area contributed by atoms with Gasteiger partial charge in [0, 0.05) is 36.2 Å². The number of benzene rings is 1. The average molecular weight is 341 g/mol. The Bertz CT molecular complexity index is 396. The maximum Gasteiger partial charge on any atom is 0.119 e. The van der Waals surface area contributed by atoms with E-state index in [1.54, 1.807) is 0 Å². The quantitative estimate of drug-likeness (QED) is 0.859. The standard InChI is InChI=1S/C16H25BrN2O/c1-3-4-15-11-18-13(2)12-19(15)9-10-20-16-7-5-14(17)6-8-16/h5-8,13,15,18H,3-4,9-12H2,1-2H3. The van der Waals surface area contributed by atoms with Crippen LogP contribution < -0.4 is 10.1 Å². The Hall–Kier alpha value is -0.580. The highest BCUT2D eigenvalue weighted by Crippen LogP contribution is 2.17. The van der Waals surface area contributed by atoms with E-state index in [1.807, 2.05) is 24.3 Å². The molecule has 20 heavy (non-hydrogen) atoms. The first-order valence-electron chi connectivity index (χ1n) is 7.55. The van der Waals surface area contributed by atoms with Crippen LogP contribution in [0.4, 0.5) is 0 Å². The summed E-state index contributed by atoms with van der Waals surface area (Å²) in [5.41, 5.74) is 0. The van der Waals surface area contributed by atoms with E-state index in [1.165, 1.54) is 12.8 Å². The number of rotatable bonds is 6. The molecule has 2 atom stereocenters. The Morgan fingerprint density at radius 3 is 2.80 bits per heavy atom. The normalized spacial score (nSPS) is 23.8. The highest BCUT2D eigenvalue weighted by atomic mass is 79.9. The molecule has 0 spiro atoms. The van der Waals surface area contributed by atoms with Crippen molar-refractivity contribution in [1.82, 2.24) is 10.2 Å². The van der Waals surface area contributed by atoms with E-state index in [0.29, 0.717) is 12.1 Å². The molecule has 112 valence electrons. The van der Waals surface area contributed by atoms with Crippen molar-refractivity contribution in [2.24, 2.45) is 0 Å². The summed E-state index contributed by atoms with van der Waals surface area (Å²) in [4.78, 5) is 2.57. The van der Waals surface area contributed by atoms with Gasteiger partial charge >= 0.3 is 0 Å². The summed E-state index contributed by atoms with van der Waals surface area (Å²) < 4.78 is 6.93. The van der Waals surface area contributed by atoms with Crippen LogP contribution in [0, 0.1) is 0 Å². The third-order valence-electron chi connectivity index (χ3n) is 3.81. The predicted octanol–water partition coefficient (Wildman–Crippen LogP) is 3.29. The lowest BCUT2D eigenvalue weighted by Gasteiger charge is -2.39. The van der Waals surface area contributed by atoms with E-state index in [4.69, 9.17) is 4.74 Å². The summed E-state index contributed by atoms with van der Waals surface area (Å²) in [6.07, 6.45) is 2.50. The molecule has 0 amide bonds. The molecule has 0 aromatic heterocycles. The van der Waals surface area contributed by atoms with E-state index in [2.05, 4.69) is 40.0 Å². The maximum absolute atomic E-state index is 5.84. The highest BCUT2D eigenvalue weighted by molar-refractivity contribution is 9.10. The summed E-state index contributed by atoms with van der Waals surface area (Å²) in [5, 5.41) is 3.57. The summed E-state index contributed by atoms with van der Waals surface area (Å²) >= 11 is 3.44. The lowest BCUT2D eigenvalue weighted by atomic mass is 10.1. The van der Waals surface area contributed by atoms with Gasteiger partial charge in [0.15, 0.2) is 0 Å². The topological polar surface area (TPSA) is 24.5 Å². The van der Waals surface area contributed by atoms with Crippen molar-refractivity contribution < 1.29 is 4.74 Å². The molecule has 1 aliphatic rings. The first-order chi connectivity index (χ1) is 9.69. The summed E-state index contributed by atoms with van der Waals surface area (Å²) in [7, 11) is 0. The zero-order valence-electron chi connectivity index (χ0n) is 12.4. The second-order valence-electron chi connectivity index (χ2n) is 5.55. The smallest absolute Gasteiger partial charge is 0.119 e. The van der Waals surface area contributed by atoms with Gasteiger partial charge in [-0.15, -0.1) is 0 Å². The molecule has 0 saturated carbocycles. The SMILES string of the molecule is CCCC1CNC(C)CN1CCOc1ccc(Br)cc1. The van der Waals surface area contributed by atoms with Crippen LogP contribution in [0.5, 0.6) is 5.75 Å². The minimum Gasteiger partial charge on any atom is -0.492 e. The van der Waals surface area contributed by atoms with Crippen molar-refractivity contribution in [3.05, 3.63) is 28.7 Å². The van der Waals surface area contributed by atoms with Crippen LogP contribution in [-0.2, 0) is 0 Å². The Labute approximate surface area is 130 Å². The van der Waals surface area contributed by atoms with Crippen molar-refractivity contribution in [2.75, 3.05) is 26.2 Å². The Morgan fingerprint density at radius 2 is 2.10 bits per heavy atom. The van der Waals surface area contributed by atoms with Gasteiger partial charge in [0.2, 0.25) is 0 Å². The van der Waals surface area contributed by atoms with E-state index in [9.17, 15) is 0 Å². The molecule has 0 bridgehead atoms. The summed E-state index contributed by atoms with van der Waals surface area (Å²) in [6.45, 7) is 8.50. The Morgan fingerprint density at radius 1 is 1.35 bits per heavy atom.